The lowest BCUT2D eigenvalue weighted by Gasteiger charge is -2.16. The van der Waals surface area contributed by atoms with Crippen molar-refractivity contribution in [2.45, 2.75) is 328 Å². The van der Waals surface area contributed by atoms with Crippen molar-refractivity contribution in [3.05, 3.63) is 13.2 Å². The Morgan fingerprint density at radius 2 is 0.469 bits per heavy atom. The Labute approximate surface area is 399 Å². The molecular weight excluding hydrogens is 795 g/mol. The fourth-order valence-electron chi connectivity index (χ4n) is 8.03. The number of carbonyl (C=O) groups is 3. The molecule has 384 valence electrons. The van der Waals surface area contributed by atoms with Gasteiger partial charge in [0.05, 0.1) is 0 Å². The van der Waals surface area contributed by atoms with E-state index in [9.17, 15) is 24.6 Å². The molecule has 0 spiro atoms. The highest BCUT2D eigenvalue weighted by Gasteiger charge is 2.29. The monoisotopic (exact) mass is 910 g/mol. The molecule has 0 saturated carbocycles. The van der Waals surface area contributed by atoms with Crippen molar-refractivity contribution in [1.82, 2.24) is 0 Å². The van der Waals surface area contributed by atoms with Crippen LogP contribution >= 0.6 is 0 Å². The zero-order valence-corrected chi connectivity index (χ0v) is 43.5. The van der Waals surface area contributed by atoms with Crippen LogP contribution in [0.4, 0.5) is 0 Å². The molecule has 0 atom stereocenters. The molecule has 0 rings (SSSR count). The SMILES string of the molecule is C=C.CCCCCCCCCCCCCCCCC(O)(O)C(N)=O.CCCCCCCCCCCCCCCCCC(N)=O.CCCCCCCCCCCCCCCCCC(N)=O. The van der Waals surface area contributed by atoms with Gasteiger partial charge in [-0.3, -0.25) is 14.4 Å². The Morgan fingerprint density at radius 3 is 0.625 bits per heavy atom. The summed E-state index contributed by atoms with van der Waals surface area (Å²) in [4.78, 5) is 31.8. The summed E-state index contributed by atoms with van der Waals surface area (Å²) in [6.45, 7) is 12.8. The van der Waals surface area contributed by atoms with Gasteiger partial charge in [-0.25, -0.2) is 0 Å². The van der Waals surface area contributed by atoms with Gasteiger partial charge in [-0.1, -0.05) is 284 Å². The predicted octanol–water partition coefficient (Wildman–Crippen LogP) is 16.3. The van der Waals surface area contributed by atoms with Crippen LogP contribution in [-0.2, 0) is 14.4 Å². The van der Waals surface area contributed by atoms with E-state index in [1.807, 2.05) is 0 Å². The van der Waals surface area contributed by atoms with Gasteiger partial charge >= 0.3 is 0 Å². The molecule has 8 N–H and O–H groups in total. The summed E-state index contributed by atoms with van der Waals surface area (Å²) in [6, 6.07) is 0. The normalized spacial score (nSPS) is 10.9. The third-order valence-electron chi connectivity index (χ3n) is 12.3. The van der Waals surface area contributed by atoms with Crippen molar-refractivity contribution in [1.29, 1.82) is 0 Å². The standard InChI is InChI=1S/C18H37NO3.2C18H37NO.C2H4/c1-2-3-4-5-6-7-8-9-10-11-12-13-14-15-16-18(21,22)17(19)20;2*1-2-3-4-5-6-7-8-9-10-11-12-13-14-15-16-17-18(19)20;1-2/h21-22H,2-16H2,1H3,(H2,19,20);2*2-17H2,1H3,(H2,19,20);1-2H2. The highest BCUT2D eigenvalue weighted by Crippen LogP contribution is 2.17. The van der Waals surface area contributed by atoms with E-state index in [0.717, 1.165) is 25.7 Å². The van der Waals surface area contributed by atoms with E-state index in [1.54, 1.807) is 0 Å². The van der Waals surface area contributed by atoms with E-state index in [-0.39, 0.29) is 18.2 Å². The average molecular weight is 911 g/mol. The lowest BCUT2D eigenvalue weighted by atomic mass is 10.0. The third kappa shape index (κ3) is 69.1. The number of unbranched alkanes of at least 4 members (excludes halogenated alkanes) is 41. The van der Waals surface area contributed by atoms with Crippen LogP contribution in [0, 0.1) is 0 Å². The van der Waals surface area contributed by atoms with Crippen LogP contribution in [0.2, 0.25) is 0 Å². The highest BCUT2D eigenvalue weighted by atomic mass is 16.5. The number of nitrogens with two attached hydrogens (primary N) is 3. The number of aliphatic hydroxyl groups is 2. The summed E-state index contributed by atoms with van der Waals surface area (Å²) < 4.78 is 0. The molecule has 3 amide bonds. The minimum absolute atomic E-state index is 0.0420. The van der Waals surface area contributed by atoms with Gasteiger partial charge in [0.15, 0.2) is 0 Å². The quantitative estimate of drug-likeness (QED) is 0.0232. The molecule has 0 saturated heterocycles. The fourth-order valence-corrected chi connectivity index (χ4v) is 8.03. The number of carbonyl (C=O) groups excluding carboxylic acids is 3. The van der Waals surface area contributed by atoms with E-state index in [1.165, 1.54) is 250 Å². The summed E-state index contributed by atoms with van der Waals surface area (Å²) in [7, 11) is 0. The van der Waals surface area contributed by atoms with Crippen molar-refractivity contribution >= 4 is 17.7 Å². The van der Waals surface area contributed by atoms with Crippen LogP contribution in [-0.4, -0.2) is 33.7 Å². The zero-order chi connectivity index (χ0) is 48.5. The summed E-state index contributed by atoms with van der Waals surface area (Å²) in [5.74, 6) is -3.68. The van der Waals surface area contributed by atoms with Gasteiger partial charge in [-0.2, -0.15) is 0 Å². The number of amides is 3. The molecule has 0 fully saturated rings. The Morgan fingerprint density at radius 1 is 0.312 bits per heavy atom. The Kier molecular flexibility index (Phi) is 65.5. The van der Waals surface area contributed by atoms with Gasteiger partial charge in [-0.05, 0) is 19.3 Å². The number of rotatable bonds is 48. The van der Waals surface area contributed by atoms with Crippen LogP contribution in [0.15, 0.2) is 13.2 Å². The number of hydrogen-bond acceptors (Lipinski definition) is 5. The summed E-state index contributed by atoms with van der Waals surface area (Å²) in [5.41, 5.74) is 15.1. The van der Waals surface area contributed by atoms with Gasteiger partial charge in [0.1, 0.15) is 0 Å². The lowest BCUT2D eigenvalue weighted by molar-refractivity contribution is -0.184. The maximum absolute atomic E-state index is 10.7. The van der Waals surface area contributed by atoms with Crippen LogP contribution in [0.25, 0.3) is 0 Å². The van der Waals surface area contributed by atoms with Crippen molar-refractivity contribution in [2.24, 2.45) is 17.2 Å². The first kappa shape index (κ1) is 68.6. The number of primary amides is 3. The second-order valence-electron chi connectivity index (χ2n) is 18.9. The van der Waals surface area contributed by atoms with E-state index >= 15 is 0 Å². The second-order valence-corrected chi connectivity index (χ2v) is 18.9. The summed E-state index contributed by atoms with van der Waals surface area (Å²) in [5, 5.41) is 18.5. The Bertz CT molecular complexity index is 871. The molecule has 0 bridgehead atoms. The predicted molar refractivity (Wildman–Crippen MR) is 280 cm³/mol. The summed E-state index contributed by atoms with van der Waals surface area (Å²) in [6.07, 6.45) is 59.2. The van der Waals surface area contributed by atoms with Crippen molar-refractivity contribution < 1.29 is 24.6 Å². The van der Waals surface area contributed by atoms with Gasteiger partial charge in [0.25, 0.3) is 5.91 Å². The first-order valence-electron chi connectivity index (χ1n) is 27.9. The third-order valence-corrected chi connectivity index (χ3v) is 12.3. The van der Waals surface area contributed by atoms with Gasteiger partial charge in [0.2, 0.25) is 17.6 Å². The van der Waals surface area contributed by atoms with Gasteiger partial charge < -0.3 is 27.4 Å². The molecule has 0 aromatic carbocycles. The lowest BCUT2D eigenvalue weighted by Crippen LogP contribution is -2.43. The van der Waals surface area contributed by atoms with Crippen molar-refractivity contribution in [3.8, 4) is 0 Å². The van der Waals surface area contributed by atoms with Crippen LogP contribution in [0.3, 0.4) is 0 Å². The van der Waals surface area contributed by atoms with Crippen LogP contribution in [0.5, 0.6) is 0 Å². The first-order valence-corrected chi connectivity index (χ1v) is 27.9. The molecule has 0 radical (unpaired) electrons. The van der Waals surface area contributed by atoms with Crippen LogP contribution < -0.4 is 17.2 Å². The minimum Gasteiger partial charge on any atom is -0.370 e. The Hall–Kier alpha value is -1.93. The maximum atomic E-state index is 10.7. The first-order chi connectivity index (χ1) is 31.0. The Balaban J connectivity index is -0.000000414. The smallest absolute Gasteiger partial charge is 0.277 e. The molecule has 0 heterocycles. The molecule has 0 aliphatic rings. The molecule has 0 aliphatic heterocycles. The second kappa shape index (κ2) is 61.1. The van der Waals surface area contributed by atoms with E-state index in [0.29, 0.717) is 19.3 Å². The van der Waals surface area contributed by atoms with Crippen LogP contribution in [0.1, 0.15) is 323 Å². The molecule has 0 aromatic rings. The molecule has 64 heavy (non-hydrogen) atoms. The van der Waals surface area contributed by atoms with Crippen molar-refractivity contribution in [3.63, 3.8) is 0 Å². The van der Waals surface area contributed by atoms with E-state index in [4.69, 9.17) is 17.2 Å². The number of hydrogen-bond donors (Lipinski definition) is 5. The van der Waals surface area contributed by atoms with Gasteiger partial charge in [0, 0.05) is 19.3 Å². The summed E-state index contributed by atoms with van der Waals surface area (Å²) >= 11 is 0. The van der Waals surface area contributed by atoms with E-state index < -0.39 is 11.7 Å². The molecule has 8 heteroatoms. The van der Waals surface area contributed by atoms with E-state index in [2.05, 4.69) is 33.9 Å². The fraction of sp³-hybridized carbons (Fsp3) is 0.911. The zero-order valence-electron chi connectivity index (χ0n) is 43.5. The largest absolute Gasteiger partial charge is 0.370 e. The highest BCUT2D eigenvalue weighted by molar-refractivity contribution is 5.81. The molecule has 0 aromatic heterocycles. The maximum Gasteiger partial charge on any atom is 0.277 e. The van der Waals surface area contributed by atoms with Crippen molar-refractivity contribution in [2.75, 3.05) is 0 Å². The average Bonchev–Trinajstić information content (AvgIpc) is 3.27. The minimum atomic E-state index is -2.32. The molecule has 0 aliphatic carbocycles. The topological polar surface area (TPSA) is 170 Å². The molecular formula is C56H115N3O5. The van der Waals surface area contributed by atoms with Gasteiger partial charge in [-0.15, -0.1) is 13.2 Å². The molecule has 0 unspecified atom stereocenters. The molecule has 8 nitrogen and oxygen atoms in total.